The molecule has 12 nitrogen and oxygen atoms in total. The Labute approximate surface area is 350 Å². The van der Waals surface area contributed by atoms with Gasteiger partial charge in [-0.05, 0) is 91.9 Å². The number of anilines is 1. The number of amides is 6. The number of rotatable bonds is 17. The van der Waals surface area contributed by atoms with Gasteiger partial charge < -0.3 is 36.9 Å². The van der Waals surface area contributed by atoms with Crippen molar-refractivity contribution < 1.29 is 28.0 Å². The Balaban J connectivity index is 1.23. The predicted octanol–water partition coefficient (Wildman–Crippen LogP) is 6.85. The third-order valence-electron chi connectivity index (χ3n) is 10.2. The molecule has 1 aliphatic rings. The molecule has 59 heavy (non-hydrogen) atoms. The number of aromatic nitrogens is 1. The Morgan fingerprint density at radius 2 is 1.51 bits per heavy atom. The van der Waals surface area contributed by atoms with Gasteiger partial charge in [0.25, 0.3) is 0 Å². The lowest BCUT2D eigenvalue weighted by molar-refractivity contribution is -0.130. The van der Waals surface area contributed by atoms with E-state index < -0.39 is 47.6 Å². The number of nitrogens with zero attached hydrogens (tertiary/aromatic N) is 2. The summed E-state index contributed by atoms with van der Waals surface area (Å²) in [7, 11) is 0. The van der Waals surface area contributed by atoms with Gasteiger partial charge in [-0.2, -0.15) is 0 Å². The number of urea groups is 2. The van der Waals surface area contributed by atoms with Gasteiger partial charge in [-0.1, -0.05) is 71.7 Å². The van der Waals surface area contributed by atoms with E-state index >= 15 is 0 Å². The number of carbonyl (C=O) groups excluding carboxylic acids is 4. The lowest BCUT2D eigenvalue weighted by Gasteiger charge is -2.24. The van der Waals surface area contributed by atoms with Crippen molar-refractivity contribution in [2.24, 2.45) is 5.73 Å². The summed E-state index contributed by atoms with van der Waals surface area (Å²) in [6.45, 7) is 3.47. The second kappa shape index (κ2) is 20.3. The van der Waals surface area contributed by atoms with Gasteiger partial charge in [-0.3, -0.25) is 14.5 Å². The van der Waals surface area contributed by atoms with Crippen LogP contribution in [0, 0.1) is 11.6 Å². The molecular formula is C43H46Cl2F2N8O4. The van der Waals surface area contributed by atoms with Crippen LogP contribution in [0.3, 0.4) is 0 Å². The summed E-state index contributed by atoms with van der Waals surface area (Å²) < 4.78 is 30.2. The molecule has 1 fully saturated rings. The maximum atomic E-state index is 14.3. The van der Waals surface area contributed by atoms with Crippen LogP contribution >= 0.6 is 23.2 Å². The fraction of sp³-hybridized carbons (Fsp3) is 0.302. The Hall–Kier alpha value is -5.70. The fourth-order valence-corrected chi connectivity index (χ4v) is 7.66. The zero-order valence-electron chi connectivity index (χ0n) is 32.2. The van der Waals surface area contributed by atoms with E-state index in [1.807, 2.05) is 47.0 Å². The Morgan fingerprint density at radius 3 is 2.22 bits per heavy atom. The number of nitrogens with two attached hydrogens (primary N) is 1. The van der Waals surface area contributed by atoms with Crippen molar-refractivity contribution in [2.45, 2.75) is 63.8 Å². The van der Waals surface area contributed by atoms with Crippen LogP contribution < -0.4 is 32.3 Å². The van der Waals surface area contributed by atoms with Gasteiger partial charge in [0, 0.05) is 58.9 Å². The van der Waals surface area contributed by atoms with Crippen molar-refractivity contribution in [1.82, 2.24) is 30.7 Å². The summed E-state index contributed by atoms with van der Waals surface area (Å²) in [5.74, 6) is -3.44. The molecule has 0 spiro atoms. The monoisotopic (exact) mass is 846 g/mol. The van der Waals surface area contributed by atoms with Crippen LogP contribution in [0.2, 0.25) is 10.0 Å². The quantitative estimate of drug-likeness (QED) is 0.0564. The summed E-state index contributed by atoms with van der Waals surface area (Å²) in [5, 5.41) is 15.5. The van der Waals surface area contributed by atoms with E-state index in [0.717, 1.165) is 72.2 Å². The van der Waals surface area contributed by atoms with Gasteiger partial charge >= 0.3 is 12.1 Å². The number of hydrogen-bond donors (Lipinski definition) is 6. The van der Waals surface area contributed by atoms with Gasteiger partial charge in [-0.25, -0.2) is 18.4 Å². The van der Waals surface area contributed by atoms with Gasteiger partial charge in [0.05, 0.1) is 12.1 Å². The summed E-state index contributed by atoms with van der Waals surface area (Å²) in [5.41, 5.74) is 9.34. The van der Waals surface area contributed by atoms with E-state index in [9.17, 15) is 28.0 Å². The lowest BCUT2D eigenvalue weighted by atomic mass is 10.0. The molecular weight excluding hydrogens is 801 g/mol. The van der Waals surface area contributed by atoms with E-state index in [1.165, 1.54) is 6.07 Å². The second-order valence-corrected chi connectivity index (χ2v) is 15.3. The highest BCUT2D eigenvalue weighted by Crippen LogP contribution is 2.31. The maximum Gasteiger partial charge on any atom is 0.319 e. The minimum absolute atomic E-state index is 0.107. The molecule has 6 rings (SSSR count). The van der Waals surface area contributed by atoms with E-state index in [0.29, 0.717) is 22.3 Å². The normalized spacial score (nSPS) is 13.8. The zero-order valence-corrected chi connectivity index (χ0v) is 33.7. The van der Waals surface area contributed by atoms with Crippen LogP contribution in [0.25, 0.3) is 10.9 Å². The van der Waals surface area contributed by atoms with Crippen LogP contribution in [-0.4, -0.2) is 65.1 Å². The number of carbonyl (C=O) groups is 4. The molecule has 2 heterocycles. The number of nitrogens with one attached hydrogen (secondary N) is 5. The summed E-state index contributed by atoms with van der Waals surface area (Å²) >= 11 is 13.1. The molecule has 5 aromatic rings. The predicted molar refractivity (Wildman–Crippen MR) is 225 cm³/mol. The van der Waals surface area contributed by atoms with Crippen molar-refractivity contribution in [3.05, 3.63) is 135 Å². The Morgan fingerprint density at radius 1 is 0.763 bits per heavy atom. The topological polar surface area (TPSA) is 163 Å². The van der Waals surface area contributed by atoms with Crippen LogP contribution in [-0.2, 0) is 35.6 Å². The highest BCUT2D eigenvalue weighted by atomic mass is 35.5. The standard InChI is InChI=1S/C43H46Cl2F2N8O4/c44-33-10-6-11-34(45)32(33)26-55-25-29(24-54-18-4-5-19-54)31-15-14-30(22-39(31)55)51-43(59)53-38(21-28-13-16-35(46)36(47)20-28)41(57)52-37(12-7-17-49-42(48)58)40(56)50-23-27-8-2-1-3-9-27/h1-3,6,8-11,13-16,20,22,25,37-38H,4-5,7,12,17-19,21,23-24,26H2,(H,50,56)(H,52,57)(H3,48,49,58)(H2,51,53,59)/t37-,38-/m0/s1. The average Bonchev–Trinajstić information content (AvgIpc) is 3.85. The summed E-state index contributed by atoms with van der Waals surface area (Å²) in [6.07, 6.45) is 4.51. The average molecular weight is 848 g/mol. The third kappa shape index (κ3) is 11.9. The molecule has 1 aromatic heterocycles. The summed E-state index contributed by atoms with van der Waals surface area (Å²) in [6, 6.07) is 19.3. The van der Waals surface area contributed by atoms with Crippen molar-refractivity contribution >= 4 is 63.7 Å². The molecule has 0 saturated carbocycles. The molecule has 0 bridgehead atoms. The van der Waals surface area contributed by atoms with Crippen molar-refractivity contribution in [1.29, 1.82) is 0 Å². The van der Waals surface area contributed by atoms with E-state index in [4.69, 9.17) is 28.9 Å². The number of hydrogen-bond acceptors (Lipinski definition) is 5. The first-order chi connectivity index (χ1) is 28.4. The largest absolute Gasteiger partial charge is 0.352 e. The molecule has 1 saturated heterocycles. The first-order valence-electron chi connectivity index (χ1n) is 19.4. The molecule has 7 N–H and O–H groups in total. The van der Waals surface area contributed by atoms with Crippen LogP contribution in [0.4, 0.5) is 24.1 Å². The van der Waals surface area contributed by atoms with Gasteiger partial charge in [0.2, 0.25) is 11.8 Å². The van der Waals surface area contributed by atoms with E-state index in [2.05, 4.69) is 37.7 Å². The summed E-state index contributed by atoms with van der Waals surface area (Å²) in [4.78, 5) is 54.8. The minimum atomic E-state index is -1.34. The van der Waals surface area contributed by atoms with Crippen LogP contribution in [0.5, 0.6) is 0 Å². The third-order valence-corrected chi connectivity index (χ3v) is 10.9. The minimum Gasteiger partial charge on any atom is -0.352 e. The molecule has 1 aliphatic heterocycles. The van der Waals surface area contributed by atoms with Gasteiger partial charge in [-0.15, -0.1) is 0 Å². The zero-order chi connectivity index (χ0) is 41.9. The molecule has 0 radical (unpaired) electrons. The number of primary amides is 1. The van der Waals surface area contributed by atoms with Gasteiger partial charge in [0.15, 0.2) is 11.6 Å². The molecule has 4 aromatic carbocycles. The van der Waals surface area contributed by atoms with Crippen molar-refractivity contribution in [3.63, 3.8) is 0 Å². The molecule has 0 aliphatic carbocycles. The second-order valence-electron chi connectivity index (χ2n) is 14.5. The number of benzene rings is 4. The van der Waals surface area contributed by atoms with Crippen molar-refractivity contribution in [2.75, 3.05) is 25.0 Å². The highest BCUT2D eigenvalue weighted by Gasteiger charge is 2.28. The SMILES string of the molecule is NC(=O)NCCC[C@H](NC(=O)[C@H](Cc1ccc(F)c(F)c1)NC(=O)Nc1ccc2c(CN3CCCC3)cn(Cc3c(Cl)cccc3Cl)c2c1)C(=O)NCc1ccccc1. The molecule has 16 heteroatoms. The molecule has 2 atom stereocenters. The Kier molecular flexibility index (Phi) is 14.8. The van der Waals surface area contributed by atoms with Crippen molar-refractivity contribution in [3.8, 4) is 0 Å². The first kappa shape index (κ1) is 42.9. The lowest BCUT2D eigenvalue weighted by Crippen LogP contribution is -2.55. The molecule has 6 amide bonds. The van der Waals surface area contributed by atoms with Gasteiger partial charge in [0.1, 0.15) is 12.1 Å². The van der Waals surface area contributed by atoms with Crippen LogP contribution in [0.1, 0.15) is 47.9 Å². The number of halogens is 4. The smallest absolute Gasteiger partial charge is 0.319 e. The maximum absolute atomic E-state index is 14.3. The molecule has 0 unspecified atom stereocenters. The van der Waals surface area contributed by atoms with Crippen LogP contribution in [0.15, 0.2) is 91.1 Å². The molecule has 310 valence electrons. The highest BCUT2D eigenvalue weighted by molar-refractivity contribution is 6.36. The van der Waals surface area contributed by atoms with E-state index in [-0.39, 0.29) is 37.9 Å². The Bertz CT molecular complexity index is 2270. The first-order valence-corrected chi connectivity index (χ1v) is 20.1. The number of fused-ring (bicyclic) bond motifs is 1. The fourth-order valence-electron chi connectivity index (χ4n) is 7.14. The number of likely N-dealkylation sites (tertiary alicyclic amines) is 1. The van der Waals surface area contributed by atoms with E-state index in [1.54, 1.807) is 24.3 Å².